The normalized spacial score (nSPS) is 10.4. The zero-order valence-corrected chi connectivity index (χ0v) is 11.6. The van der Waals surface area contributed by atoms with E-state index in [0.29, 0.717) is 23.0 Å². The number of hydrogen-bond acceptors (Lipinski definition) is 4. The molecule has 3 N–H and O–H groups in total. The van der Waals surface area contributed by atoms with Crippen LogP contribution in [0.1, 0.15) is 4.88 Å². The number of rotatable bonds is 5. The van der Waals surface area contributed by atoms with E-state index < -0.39 is 0 Å². The predicted octanol–water partition coefficient (Wildman–Crippen LogP) is 3.14. The fraction of sp³-hybridized carbons (Fsp3) is 0.154. The van der Waals surface area contributed by atoms with Crippen LogP contribution in [-0.4, -0.2) is 12.5 Å². The number of carbonyl (C=O) groups is 1. The molecule has 2 aromatic rings. The van der Waals surface area contributed by atoms with Crippen molar-refractivity contribution in [1.82, 2.24) is 0 Å². The van der Waals surface area contributed by atoms with E-state index in [1.165, 1.54) is 0 Å². The highest BCUT2D eigenvalue weighted by Crippen LogP contribution is 2.22. The molecule has 1 heterocycles. The van der Waals surface area contributed by atoms with Gasteiger partial charge >= 0.3 is 0 Å². The maximum atomic E-state index is 11.7. The van der Waals surface area contributed by atoms with E-state index in [-0.39, 0.29) is 12.5 Å². The maximum Gasteiger partial charge on any atom is 0.250 e. The van der Waals surface area contributed by atoms with Gasteiger partial charge in [0.2, 0.25) is 5.91 Å². The van der Waals surface area contributed by atoms with Gasteiger partial charge in [-0.05, 0) is 29.6 Å². The van der Waals surface area contributed by atoms with E-state index in [4.69, 9.17) is 22.1 Å². The molecular weight excluding hydrogens is 284 g/mol. The molecule has 19 heavy (non-hydrogen) atoms. The van der Waals surface area contributed by atoms with Gasteiger partial charge in [-0.15, -0.1) is 11.3 Å². The number of amides is 1. The molecule has 1 amide bonds. The van der Waals surface area contributed by atoms with Crippen LogP contribution in [-0.2, 0) is 16.1 Å². The first-order chi connectivity index (χ1) is 9.15. The van der Waals surface area contributed by atoms with Gasteiger partial charge in [-0.1, -0.05) is 17.7 Å². The molecule has 100 valence electrons. The number of halogens is 1. The van der Waals surface area contributed by atoms with Gasteiger partial charge in [0.1, 0.15) is 6.61 Å². The highest BCUT2D eigenvalue weighted by atomic mass is 35.5. The number of benzene rings is 1. The van der Waals surface area contributed by atoms with Gasteiger partial charge in [-0.25, -0.2) is 0 Å². The molecule has 0 unspecified atom stereocenters. The number of carbonyl (C=O) groups excluding carboxylic acids is 1. The average Bonchev–Trinajstić information content (AvgIpc) is 2.87. The van der Waals surface area contributed by atoms with Gasteiger partial charge in [0.15, 0.2) is 0 Å². The Morgan fingerprint density at radius 3 is 3.00 bits per heavy atom. The summed E-state index contributed by atoms with van der Waals surface area (Å²) in [5.74, 6) is -0.259. The Kier molecular flexibility index (Phi) is 4.79. The molecule has 1 aromatic heterocycles. The first-order valence-electron chi connectivity index (χ1n) is 5.60. The highest BCUT2D eigenvalue weighted by Gasteiger charge is 2.06. The summed E-state index contributed by atoms with van der Waals surface area (Å²) in [6.45, 7) is 0.403. The number of hydrogen-bond donors (Lipinski definition) is 2. The molecule has 4 nitrogen and oxygen atoms in total. The van der Waals surface area contributed by atoms with E-state index in [9.17, 15) is 4.79 Å². The second-order valence-corrected chi connectivity index (χ2v) is 5.32. The van der Waals surface area contributed by atoms with Crippen LogP contribution in [0.3, 0.4) is 0 Å². The first-order valence-corrected chi connectivity index (χ1v) is 6.86. The Balaban J connectivity index is 1.82. The zero-order chi connectivity index (χ0) is 13.7. The number of nitrogens with two attached hydrogens (primary N) is 1. The summed E-state index contributed by atoms with van der Waals surface area (Å²) in [6, 6.07) is 8.81. The topological polar surface area (TPSA) is 64.3 Å². The lowest BCUT2D eigenvalue weighted by Gasteiger charge is -2.08. The Bertz CT molecular complexity index is 558. The largest absolute Gasteiger partial charge is 0.397 e. The van der Waals surface area contributed by atoms with Gasteiger partial charge in [-0.2, -0.15) is 0 Å². The smallest absolute Gasteiger partial charge is 0.250 e. The lowest BCUT2D eigenvalue weighted by molar-refractivity contribution is -0.120. The molecule has 2 rings (SSSR count). The van der Waals surface area contributed by atoms with Crippen LogP contribution in [0.15, 0.2) is 35.7 Å². The van der Waals surface area contributed by atoms with Gasteiger partial charge < -0.3 is 15.8 Å². The predicted molar refractivity (Wildman–Crippen MR) is 78.5 cm³/mol. The molecule has 0 fully saturated rings. The summed E-state index contributed by atoms with van der Waals surface area (Å²) in [4.78, 5) is 12.8. The van der Waals surface area contributed by atoms with Crippen LogP contribution in [0.2, 0.25) is 5.02 Å². The van der Waals surface area contributed by atoms with E-state index >= 15 is 0 Å². The van der Waals surface area contributed by atoms with Crippen LogP contribution in [0.25, 0.3) is 0 Å². The average molecular weight is 297 g/mol. The number of anilines is 2. The highest BCUT2D eigenvalue weighted by molar-refractivity contribution is 7.09. The Morgan fingerprint density at radius 1 is 1.42 bits per heavy atom. The summed E-state index contributed by atoms with van der Waals surface area (Å²) in [6.07, 6.45) is 0. The van der Waals surface area contributed by atoms with E-state index in [2.05, 4.69) is 5.32 Å². The molecule has 0 atom stereocenters. The first kappa shape index (κ1) is 13.9. The number of ether oxygens (including phenoxy) is 1. The molecule has 0 spiro atoms. The van der Waals surface area contributed by atoms with Gasteiger partial charge in [0.25, 0.3) is 0 Å². The molecule has 0 saturated heterocycles. The van der Waals surface area contributed by atoms with Gasteiger partial charge in [0.05, 0.1) is 18.0 Å². The van der Waals surface area contributed by atoms with Crippen LogP contribution in [0.5, 0.6) is 0 Å². The third kappa shape index (κ3) is 4.24. The van der Waals surface area contributed by atoms with Crippen LogP contribution < -0.4 is 11.1 Å². The Morgan fingerprint density at radius 2 is 2.26 bits per heavy atom. The molecule has 1 aromatic carbocycles. The molecule has 6 heteroatoms. The number of nitrogen functional groups attached to an aromatic ring is 1. The summed E-state index contributed by atoms with van der Waals surface area (Å²) in [5.41, 5.74) is 6.70. The molecule has 0 bridgehead atoms. The summed E-state index contributed by atoms with van der Waals surface area (Å²) >= 11 is 7.42. The lowest BCUT2D eigenvalue weighted by Crippen LogP contribution is -2.18. The van der Waals surface area contributed by atoms with E-state index in [1.807, 2.05) is 17.5 Å². The second-order valence-electron chi connectivity index (χ2n) is 3.85. The Hall–Kier alpha value is -1.56. The molecule has 0 saturated carbocycles. The quantitative estimate of drug-likeness (QED) is 0.833. The van der Waals surface area contributed by atoms with Crippen LogP contribution >= 0.6 is 22.9 Å². The van der Waals surface area contributed by atoms with Crippen molar-refractivity contribution in [3.8, 4) is 0 Å². The SMILES string of the molecule is Nc1ccc(Cl)cc1NC(=O)COCc1cccs1. The maximum absolute atomic E-state index is 11.7. The van der Waals surface area contributed by atoms with E-state index in [0.717, 1.165) is 4.88 Å². The fourth-order valence-corrected chi connectivity index (χ4v) is 2.27. The van der Waals surface area contributed by atoms with Crippen LogP contribution in [0.4, 0.5) is 11.4 Å². The third-order valence-corrected chi connectivity index (χ3v) is 3.43. The number of thiophene rings is 1. The van der Waals surface area contributed by atoms with Gasteiger partial charge in [-0.3, -0.25) is 4.79 Å². The summed E-state index contributed by atoms with van der Waals surface area (Å²) < 4.78 is 5.31. The fourth-order valence-electron chi connectivity index (χ4n) is 1.46. The zero-order valence-electron chi connectivity index (χ0n) is 10.1. The molecular formula is C13H13ClN2O2S. The lowest BCUT2D eigenvalue weighted by atomic mass is 10.2. The molecule has 0 aliphatic heterocycles. The van der Waals surface area contributed by atoms with Crippen LogP contribution in [0, 0.1) is 0 Å². The van der Waals surface area contributed by atoms with Crippen molar-refractivity contribution in [1.29, 1.82) is 0 Å². The van der Waals surface area contributed by atoms with Crippen molar-refractivity contribution >= 4 is 40.2 Å². The minimum Gasteiger partial charge on any atom is -0.397 e. The second kappa shape index (κ2) is 6.56. The van der Waals surface area contributed by atoms with Crippen molar-refractivity contribution in [3.05, 3.63) is 45.6 Å². The standard InChI is InChI=1S/C13H13ClN2O2S/c14-9-3-4-11(15)12(6-9)16-13(17)8-18-7-10-2-1-5-19-10/h1-6H,7-8,15H2,(H,16,17). The molecule has 0 radical (unpaired) electrons. The van der Waals surface area contributed by atoms with Crippen molar-refractivity contribution < 1.29 is 9.53 Å². The third-order valence-electron chi connectivity index (χ3n) is 2.35. The van der Waals surface area contributed by atoms with Crippen molar-refractivity contribution in [2.45, 2.75) is 6.61 Å². The van der Waals surface area contributed by atoms with Gasteiger partial charge in [0, 0.05) is 9.90 Å². The van der Waals surface area contributed by atoms with Crippen molar-refractivity contribution in [2.75, 3.05) is 17.7 Å². The summed E-state index contributed by atoms with van der Waals surface area (Å²) in [7, 11) is 0. The minimum atomic E-state index is -0.259. The van der Waals surface area contributed by atoms with Crippen molar-refractivity contribution in [2.24, 2.45) is 0 Å². The summed E-state index contributed by atoms with van der Waals surface area (Å²) in [5, 5.41) is 5.14. The molecule has 0 aliphatic carbocycles. The molecule has 0 aliphatic rings. The number of nitrogens with one attached hydrogen (secondary N) is 1. The minimum absolute atomic E-state index is 0.0240. The van der Waals surface area contributed by atoms with Crippen molar-refractivity contribution in [3.63, 3.8) is 0 Å². The van der Waals surface area contributed by atoms with E-state index in [1.54, 1.807) is 29.5 Å². The monoisotopic (exact) mass is 296 g/mol. The Labute approximate surface area is 120 Å².